The lowest BCUT2D eigenvalue weighted by molar-refractivity contribution is 0.254. The van der Waals surface area contributed by atoms with Crippen molar-refractivity contribution in [3.05, 3.63) is 48.5 Å². The molecule has 3 aromatic rings. The second-order valence-corrected chi connectivity index (χ2v) is 4.23. The van der Waals surface area contributed by atoms with E-state index in [2.05, 4.69) is 15.6 Å². The first-order valence-electron chi connectivity index (χ1n) is 6.06. The summed E-state index contributed by atoms with van der Waals surface area (Å²) in [5.41, 5.74) is 2.53. The number of hydrogen-bond acceptors (Lipinski definition) is 2. The first kappa shape index (κ1) is 11.5. The van der Waals surface area contributed by atoms with Gasteiger partial charge in [-0.25, -0.2) is 9.78 Å². The Morgan fingerprint density at radius 2 is 1.47 bits per heavy atom. The zero-order valence-corrected chi connectivity index (χ0v) is 10.5. The molecule has 1 heterocycles. The van der Waals surface area contributed by atoms with Crippen LogP contribution in [-0.2, 0) is 0 Å². The fourth-order valence-electron chi connectivity index (χ4n) is 2.15. The number of aromatic nitrogens is 1. The Morgan fingerprint density at radius 1 is 0.947 bits per heavy atom. The third-order valence-corrected chi connectivity index (χ3v) is 3.05. The highest BCUT2D eigenvalue weighted by Crippen LogP contribution is 2.30. The van der Waals surface area contributed by atoms with E-state index < -0.39 is 0 Å². The molecular weight excluding hydrogens is 238 g/mol. The maximum absolute atomic E-state index is 11.6. The molecule has 0 saturated carbocycles. The maximum atomic E-state index is 11.6. The smallest absolute Gasteiger partial charge is 0.319 e. The minimum absolute atomic E-state index is 0.235. The highest BCUT2D eigenvalue weighted by atomic mass is 16.2. The van der Waals surface area contributed by atoms with E-state index in [1.165, 1.54) is 0 Å². The molecule has 94 valence electrons. The Hall–Kier alpha value is -2.62. The molecule has 4 heteroatoms. The lowest BCUT2D eigenvalue weighted by Crippen LogP contribution is -2.24. The number of hydrogen-bond donors (Lipinski definition) is 2. The Morgan fingerprint density at radius 3 is 2.00 bits per heavy atom. The van der Waals surface area contributed by atoms with Gasteiger partial charge in [-0.05, 0) is 12.1 Å². The molecule has 0 spiro atoms. The zero-order valence-electron chi connectivity index (χ0n) is 10.5. The minimum atomic E-state index is -0.235. The summed E-state index contributed by atoms with van der Waals surface area (Å²) in [6.45, 7) is 0. The molecule has 0 unspecified atom stereocenters. The van der Waals surface area contributed by atoms with Crippen LogP contribution in [0.1, 0.15) is 0 Å². The number of amides is 2. The predicted octanol–water partition coefficient (Wildman–Crippen LogP) is 3.14. The number of nitrogens with zero attached hydrogens (tertiary/aromatic N) is 1. The van der Waals surface area contributed by atoms with Crippen LogP contribution >= 0.6 is 0 Å². The van der Waals surface area contributed by atoms with Crippen molar-refractivity contribution in [3.63, 3.8) is 0 Å². The Kier molecular flexibility index (Phi) is 2.76. The third kappa shape index (κ3) is 1.97. The molecule has 1 aromatic heterocycles. The summed E-state index contributed by atoms with van der Waals surface area (Å²) < 4.78 is 0. The van der Waals surface area contributed by atoms with Crippen LogP contribution in [0.25, 0.3) is 21.8 Å². The third-order valence-electron chi connectivity index (χ3n) is 3.05. The van der Waals surface area contributed by atoms with Gasteiger partial charge in [0, 0.05) is 17.8 Å². The van der Waals surface area contributed by atoms with Gasteiger partial charge in [-0.2, -0.15) is 0 Å². The van der Waals surface area contributed by atoms with Crippen molar-refractivity contribution in [2.45, 2.75) is 0 Å². The van der Waals surface area contributed by atoms with E-state index in [0.29, 0.717) is 0 Å². The summed E-state index contributed by atoms with van der Waals surface area (Å²) in [6, 6.07) is 15.3. The second-order valence-electron chi connectivity index (χ2n) is 4.23. The molecule has 0 aliphatic rings. The molecule has 2 amide bonds. The number of carbonyl (C=O) groups is 1. The molecule has 0 bridgehead atoms. The number of fused-ring (bicyclic) bond motifs is 2. The summed E-state index contributed by atoms with van der Waals surface area (Å²) in [5.74, 6) is 0. The van der Waals surface area contributed by atoms with Crippen molar-refractivity contribution >= 4 is 33.5 Å². The van der Waals surface area contributed by atoms with Gasteiger partial charge >= 0.3 is 6.03 Å². The van der Waals surface area contributed by atoms with Crippen molar-refractivity contribution in [3.8, 4) is 0 Å². The highest BCUT2D eigenvalue weighted by Gasteiger charge is 2.10. The van der Waals surface area contributed by atoms with Gasteiger partial charge in [0.1, 0.15) is 0 Å². The lowest BCUT2D eigenvalue weighted by Gasteiger charge is -2.11. The number of pyridine rings is 1. The van der Waals surface area contributed by atoms with Crippen LogP contribution in [0.15, 0.2) is 48.5 Å². The average Bonchev–Trinajstić information content (AvgIpc) is 2.46. The summed E-state index contributed by atoms with van der Waals surface area (Å²) in [6.07, 6.45) is 0. The van der Waals surface area contributed by atoms with Gasteiger partial charge in [0.15, 0.2) is 0 Å². The van der Waals surface area contributed by atoms with Crippen molar-refractivity contribution in [1.29, 1.82) is 0 Å². The molecule has 0 aliphatic heterocycles. The van der Waals surface area contributed by atoms with E-state index in [-0.39, 0.29) is 6.03 Å². The van der Waals surface area contributed by atoms with Gasteiger partial charge in [-0.1, -0.05) is 36.4 Å². The standard InChI is InChI=1S/C15H13N3O/c1-16-15(19)18-14-10-6-2-4-8-12(10)17-13-9-5-3-7-11(13)14/h2-9H,1H3,(H2,16,17,18,19). The van der Waals surface area contributed by atoms with E-state index in [4.69, 9.17) is 0 Å². The molecule has 2 N–H and O–H groups in total. The summed E-state index contributed by atoms with van der Waals surface area (Å²) >= 11 is 0. The van der Waals surface area contributed by atoms with Gasteiger partial charge in [0.2, 0.25) is 0 Å². The van der Waals surface area contributed by atoms with Crippen LogP contribution < -0.4 is 10.6 Å². The van der Waals surface area contributed by atoms with Gasteiger partial charge in [-0.3, -0.25) is 0 Å². The molecule has 0 fully saturated rings. The van der Waals surface area contributed by atoms with Crippen LogP contribution in [-0.4, -0.2) is 18.1 Å². The van der Waals surface area contributed by atoms with Gasteiger partial charge in [0.25, 0.3) is 0 Å². The molecule has 4 nitrogen and oxygen atoms in total. The van der Waals surface area contributed by atoms with Crippen molar-refractivity contribution in [2.75, 3.05) is 12.4 Å². The van der Waals surface area contributed by atoms with Gasteiger partial charge in [-0.15, -0.1) is 0 Å². The van der Waals surface area contributed by atoms with E-state index in [9.17, 15) is 4.79 Å². The van der Waals surface area contributed by atoms with E-state index in [1.54, 1.807) is 7.05 Å². The number of rotatable bonds is 1. The van der Waals surface area contributed by atoms with Gasteiger partial charge < -0.3 is 10.6 Å². The maximum Gasteiger partial charge on any atom is 0.319 e. The zero-order chi connectivity index (χ0) is 13.2. The Labute approximate surface area is 110 Å². The largest absolute Gasteiger partial charge is 0.341 e. The Balaban J connectivity index is 2.36. The molecule has 0 saturated heterocycles. The van der Waals surface area contributed by atoms with Crippen molar-refractivity contribution in [1.82, 2.24) is 10.3 Å². The van der Waals surface area contributed by atoms with Crippen LogP contribution in [0, 0.1) is 0 Å². The fraction of sp³-hybridized carbons (Fsp3) is 0.0667. The normalized spacial score (nSPS) is 10.6. The predicted molar refractivity (Wildman–Crippen MR) is 77.3 cm³/mol. The van der Waals surface area contributed by atoms with Crippen molar-refractivity contribution in [2.24, 2.45) is 0 Å². The number of carbonyl (C=O) groups excluding carboxylic acids is 1. The molecule has 0 atom stereocenters. The van der Waals surface area contributed by atoms with Crippen LogP contribution in [0.5, 0.6) is 0 Å². The van der Waals surface area contributed by atoms with Gasteiger partial charge in [0.05, 0.1) is 16.7 Å². The summed E-state index contributed by atoms with van der Waals surface area (Å²) in [4.78, 5) is 16.2. The number of anilines is 1. The molecule has 19 heavy (non-hydrogen) atoms. The summed E-state index contributed by atoms with van der Waals surface area (Å²) in [5, 5.41) is 7.33. The van der Waals surface area contributed by atoms with Crippen LogP contribution in [0.3, 0.4) is 0 Å². The highest BCUT2D eigenvalue weighted by molar-refractivity contribution is 6.12. The topological polar surface area (TPSA) is 54.0 Å². The molecule has 0 aliphatic carbocycles. The van der Waals surface area contributed by atoms with E-state index in [1.807, 2.05) is 48.5 Å². The van der Waals surface area contributed by atoms with Crippen molar-refractivity contribution < 1.29 is 4.79 Å². The SMILES string of the molecule is CNC(=O)Nc1c2ccccc2nc2ccccc12. The Bertz CT molecular complexity index is 714. The number of para-hydroxylation sites is 2. The molecule has 2 aromatic carbocycles. The number of benzene rings is 2. The lowest BCUT2D eigenvalue weighted by atomic mass is 10.1. The number of nitrogens with one attached hydrogen (secondary N) is 2. The minimum Gasteiger partial charge on any atom is -0.341 e. The fourth-order valence-corrected chi connectivity index (χ4v) is 2.15. The van der Waals surface area contributed by atoms with E-state index >= 15 is 0 Å². The van der Waals surface area contributed by atoms with Crippen LogP contribution in [0.4, 0.5) is 10.5 Å². The second kappa shape index (κ2) is 4.57. The molecule has 0 radical (unpaired) electrons. The first-order chi connectivity index (χ1) is 9.29. The quantitative estimate of drug-likeness (QED) is 0.653. The van der Waals surface area contributed by atoms with Crippen LogP contribution in [0.2, 0.25) is 0 Å². The first-order valence-corrected chi connectivity index (χ1v) is 6.06. The number of urea groups is 1. The summed E-state index contributed by atoms with van der Waals surface area (Å²) in [7, 11) is 1.60. The molecular formula is C15H13N3O. The monoisotopic (exact) mass is 251 g/mol. The van der Waals surface area contributed by atoms with E-state index in [0.717, 1.165) is 27.5 Å². The average molecular weight is 251 g/mol. The molecule has 3 rings (SSSR count).